The minimum atomic E-state index is -0.668. The summed E-state index contributed by atoms with van der Waals surface area (Å²) in [7, 11) is 1.32. The number of hydrogen-bond acceptors (Lipinski definition) is 3. The summed E-state index contributed by atoms with van der Waals surface area (Å²) in [6.45, 7) is 0. The lowest BCUT2D eigenvalue weighted by molar-refractivity contribution is 0.0600. The van der Waals surface area contributed by atoms with Crippen LogP contribution in [0.1, 0.15) is 20.1 Å². The number of halogens is 2. The highest BCUT2D eigenvalue weighted by atomic mass is 35.5. The predicted molar refractivity (Wildman–Crippen MR) is 50.1 cm³/mol. The van der Waals surface area contributed by atoms with Gasteiger partial charge < -0.3 is 4.74 Å². The molecule has 66 valence electrons. The second-order valence-corrected chi connectivity index (χ2v) is 4.03. The van der Waals surface area contributed by atoms with E-state index in [1.807, 2.05) is 0 Å². The SMILES string of the molecule is COC(=O)c1ccsc1C(Cl)Cl. The summed E-state index contributed by atoms with van der Waals surface area (Å²) in [5.41, 5.74) is 0.442. The molecule has 0 aliphatic carbocycles. The average molecular weight is 225 g/mol. The Labute approximate surface area is 84.0 Å². The number of carbonyl (C=O) groups is 1. The second-order valence-electron chi connectivity index (χ2n) is 1.99. The van der Waals surface area contributed by atoms with E-state index >= 15 is 0 Å². The Bertz CT molecular complexity index is 283. The standard InChI is InChI=1S/C7H6Cl2O2S/c1-11-7(10)4-2-3-12-5(4)6(8)9/h2-3,6H,1H3. The number of carbonyl (C=O) groups excluding carboxylic acids is 1. The van der Waals surface area contributed by atoms with Crippen LogP contribution < -0.4 is 0 Å². The largest absolute Gasteiger partial charge is 0.465 e. The lowest BCUT2D eigenvalue weighted by atomic mass is 10.3. The summed E-state index contributed by atoms with van der Waals surface area (Å²) in [5.74, 6) is -0.405. The molecule has 0 radical (unpaired) electrons. The molecule has 1 rings (SSSR count). The van der Waals surface area contributed by atoms with Gasteiger partial charge in [-0.25, -0.2) is 4.79 Å². The van der Waals surface area contributed by atoms with Crippen LogP contribution in [0.15, 0.2) is 11.4 Å². The van der Waals surface area contributed by atoms with E-state index < -0.39 is 10.8 Å². The van der Waals surface area contributed by atoms with Crippen molar-refractivity contribution in [2.45, 2.75) is 4.84 Å². The normalized spacial score (nSPS) is 10.3. The lowest BCUT2D eigenvalue weighted by Crippen LogP contribution is -2.02. The minimum absolute atomic E-state index is 0.405. The van der Waals surface area contributed by atoms with Gasteiger partial charge in [-0.2, -0.15) is 0 Å². The zero-order valence-electron chi connectivity index (χ0n) is 6.21. The molecular weight excluding hydrogens is 219 g/mol. The summed E-state index contributed by atoms with van der Waals surface area (Å²) < 4.78 is 4.54. The number of thiophene rings is 1. The molecule has 0 unspecified atom stereocenters. The molecule has 2 nitrogen and oxygen atoms in total. The maximum atomic E-state index is 11.1. The first-order valence-corrected chi connectivity index (χ1v) is 4.86. The van der Waals surface area contributed by atoms with Crippen molar-refractivity contribution in [3.05, 3.63) is 21.9 Å². The van der Waals surface area contributed by atoms with E-state index in [1.54, 1.807) is 11.4 Å². The van der Waals surface area contributed by atoms with E-state index in [0.717, 1.165) is 0 Å². The highest BCUT2D eigenvalue weighted by Crippen LogP contribution is 2.32. The summed E-state index contributed by atoms with van der Waals surface area (Å²) in [5, 5.41) is 1.75. The number of rotatable bonds is 2. The number of hydrogen-bond donors (Lipinski definition) is 0. The third-order valence-corrected chi connectivity index (χ3v) is 2.98. The van der Waals surface area contributed by atoms with E-state index in [9.17, 15) is 4.79 Å². The smallest absolute Gasteiger partial charge is 0.339 e. The summed E-state index contributed by atoms with van der Waals surface area (Å²) in [4.78, 5) is 11.0. The first kappa shape index (κ1) is 9.84. The highest BCUT2D eigenvalue weighted by molar-refractivity contribution is 7.11. The average Bonchev–Trinajstić information content (AvgIpc) is 2.50. The number of esters is 1. The van der Waals surface area contributed by atoms with Gasteiger partial charge in [0.05, 0.1) is 17.6 Å². The Kier molecular flexibility index (Phi) is 3.38. The van der Waals surface area contributed by atoms with Gasteiger partial charge in [-0.05, 0) is 11.4 Å². The third kappa shape index (κ3) is 1.91. The lowest BCUT2D eigenvalue weighted by Gasteiger charge is -2.00. The van der Waals surface area contributed by atoms with Crippen LogP contribution in [0.2, 0.25) is 0 Å². The van der Waals surface area contributed by atoms with E-state index in [1.165, 1.54) is 18.4 Å². The van der Waals surface area contributed by atoms with Crippen LogP contribution in [0.4, 0.5) is 0 Å². The molecule has 0 amide bonds. The Hall–Kier alpha value is -0.250. The van der Waals surface area contributed by atoms with Crippen LogP contribution >= 0.6 is 34.5 Å². The maximum absolute atomic E-state index is 11.1. The van der Waals surface area contributed by atoms with Crippen LogP contribution in [0.3, 0.4) is 0 Å². The van der Waals surface area contributed by atoms with Crippen molar-refractivity contribution in [3.8, 4) is 0 Å². The van der Waals surface area contributed by atoms with Crippen LogP contribution in [-0.4, -0.2) is 13.1 Å². The minimum Gasteiger partial charge on any atom is -0.465 e. The zero-order valence-corrected chi connectivity index (χ0v) is 8.54. The molecule has 0 spiro atoms. The van der Waals surface area contributed by atoms with Gasteiger partial charge in [-0.15, -0.1) is 11.3 Å². The van der Waals surface area contributed by atoms with Crippen molar-refractivity contribution in [1.29, 1.82) is 0 Å². The Balaban J connectivity index is 2.99. The number of methoxy groups -OCH3 is 1. The maximum Gasteiger partial charge on any atom is 0.339 e. The number of alkyl halides is 2. The van der Waals surface area contributed by atoms with Gasteiger partial charge in [0, 0.05) is 0 Å². The summed E-state index contributed by atoms with van der Waals surface area (Å²) in [6.07, 6.45) is 0. The van der Waals surface area contributed by atoms with Gasteiger partial charge in [-0.3, -0.25) is 0 Å². The fraction of sp³-hybridized carbons (Fsp3) is 0.286. The van der Waals surface area contributed by atoms with Crippen LogP contribution in [-0.2, 0) is 4.74 Å². The van der Waals surface area contributed by atoms with E-state index in [2.05, 4.69) is 4.74 Å². The molecule has 0 saturated carbocycles. The Morgan fingerprint density at radius 3 is 2.83 bits per heavy atom. The van der Waals surface area contributed by atoms with Gasteiger partial charge in [0.25, 0.3) is 0 Å². The zero-order chi connectivity index (χ0) is 9.14. The molecule has 0 bridgehead atoms. The van der Waals surface area contributed by atoms with Crippen molar-refractivity contribution < 1.29 is 9.53 Å². The Morgan fingerprint density at radius 1 is 1.67 bits per heavy atom. The molecule has 5 heteroatoms. The Morgan fingerprint density at radius 2 is 2.33 bits per heavy atom. The monoisotopic (exact) mass is 224 g/mol. The molecule has 0 N–H and O–H groups in total. The van der Waals surface area contributed by atoms with Crippen LogP contribution in [0.5, 0.6) is 0 Å². The molecule has 1 aromatic rings. The molecule has 0 atom stereocenters. The summed E-state index contributed by atoms with van der Waals surface area (Å²) >= 11 is 12.6. The topological polar surface area (TPSA) is 26.3 Å². The highest BCUT2D eigenvalue weighted by Gasteiger charge is 2.17. The quantitative estimate of drug-likeness (QED) is 0.571. The fourth-order valence-electron chi connectivity index (χ4n) is 0.769. The van der Waals surface area contributed by atoms with Gasteiger partial charge in [-0.1, -0.05) is 23.2 Å². The van der Waals surface area contributed by atoms with Crippen LogP contribution in [0, 0.1) is 0 Å². The van der Waals surface area contributed by atoms with Crippen LogP contribution in [0.25, 0.3) is 0 Å². The van der Waals surface area contributed by atoms with E-state index in [4.69, 9.17) is 23.2 Å². The number of ether oxygens (including phenoxy) is 1. The second kappa shape index (κ2) is 4.12. The van der Waals surface area contributed by atoms with Gasteiger partial charge in [0.2, 0.25) is 0 Å². The van der Waals surface area contributed by atoms with Crippen molar-refractivity contribution in [2.24, 2.45) is 0 Å². The molecule has 0 aliphatic rings. The first-order valence-electron chi connectivity index (χ1n) is 3.10. The van der Waals surface area contributed by atoms with Crippen molar-refractivity contribution >= 4 is 40.5 Å². The predicted octanol–water partition coefficient (Wildman–Crippen LogP) is 3.01. The van der Waals surface area contributed by atoms with Gasteiger partial charge >= 0.3 is 5.97 Å². The van der Waals surface area contributed by atoms with Crippen molar-refractivity contribution in [1.82, 2.24) is 0 Å². The van der Waals surface area contributed by atoms with E-state index in [-0.39, 0.29) is 0 Å². The molecular formula is C7H6Cl2O2S. The van der Waals surface area contributed by atoms with Crippen molar-refractivity contribution in [2.75, 3.05) is 7.11 Å². The third-order valence-electron chi connectivity index (χ3n) is 1.30. The van der Waals surface area contributed by atoms with Gasteiger partial charge in [0.1, 0.15) is 4.84 Å². The van der Waals surface area contributed by atoms with Gasteiger partial charge in [0.15, 0.2) is 0 Å². The molecule has 1 aromatic heterocycles. The molecule has 0 saturated heterocycles. The summed E-state index contributed by atoms with van der Waals surface area (Å²) in [6, 6.07) is 1.64. The molecule has 12 heavy (non-hydrogen) atoms. The fourth-order valence-corrected chi connectivity index (χ4v) is 2.04. The molecule has 0 aromatic carbocycles. The van der Waals surface area contributed by atoms with E-state index in [0.29, 0.717) is 10.4 Å². The molecule has 1 heterocycles. The molecule has 0 fully saturated rings. The molecule has 0 aliphatic heterocycles. The first-order chi connectivity index (χ1) is 5.66. The van der Waals surface area contributed by atoms with Crippen molar-refractivity contribution in [3.63, 3.8) is 0 Å².